The van der Waals surface area contributed by atoms with Crippen LogP contribution in [0.3, 0.4) is 0 Å². The summed E-state index contributed by atoms with van der Waals surface area (Å²) >= 11 is 0. The number of amides is 1. The molecule has 14 heteroatoms. The molecule has 2 saturated carbocycles. The number of rotatable bonds is 7. The number of methoxy groups -OCH3 is 1. The first-order valence-electron chi connectivity index (χ1n) is 13.7. The summed E-state index contributed by atoms with van der Waals surface area (Å²) in [6.45, 7) is 0. The first-order chi connectivity index (χ1) is 20.5. The molecule has 1 amide bonds. The minimum Gasteiger partial charge on any atom is -0.494 e. The molecule has 2 aliphatic rings. The Morgan fingerprint density at radius 2 is 1.84 bits per heavy atom. The van der Waals surface area contributed by atoms with E-state index >= 15 is 0 Å². The van der Waals surface area contributed by atoms with Crippen molar-refractivity contribution in [3.05, 3.63) is 59.3 Å². The largest absolute Gasteiger partial charge is 0.494 e. The molecule has 2 fully saturated rings. The molecule has 226 valence electrons. The molecule has 0 atom stereocenters. The number of hydrogen-bond acceptors (Lipinski definition) is 7. The first-order valence-corrected chi connectivity index (χ1v) is 13.7. The minimum absolute atomic E-state index is 0.0417. The molecule has 0 radical (unpaired) electrons. The van der Waals surface area contributed by atoms with Gasteiger partial charge in [-0.1, -0.05) is 25.0 Å². The van der Waals surface area contributed by atoms with Gasteiger partial charge < -0.3 is 25.5 Å². The van der Waals surface area contributed by atoms with Gasteiger partial charge in [0.1, 0.15) is 11.6 Å². The molecule has 4 aromatic rings. The van der Waals surface area contributed by atoms with Crippen LogP contribution in [0, 0.1) is 5.92 Å². The van der Waals surface area contributed by atoms with E-state index in [1.165, 1.54) is 12.8 Å². The van der Waals surface area contributed by atoms with Gasteiger partial charge in [0.05, 0.1) is 41.6 Å². The SMILES string of the molecule is COc1c(Nc2cc(NC(=O)C3CC3)nc3cc[nH]c(=O)c23)cccc1-c1cnn(C2CCCC2)c1.O=C(O)C(F)(F)F. The number of ether oxygens (including phenoxy) is 1. The number of carboxylic acid groups (broad SMARTS) is 1. The lowest BCUT2D eigenvalue weighted by atomic mass is 10.1. The van der Waals surface area contributed by atoms with E-state index < -0.39 is 12.1 Å². The third-order valence-electron chi connectivity index (χ3n) is 7.27. The Kier molecular flexibility index (Phi) is 8.37. The molecule has 0 saturated heterocycles. The Labute approximate surface area is 243 Å². The summed E-state index contributed by atoms with van der Waals surface area (Å²) in [6, 6.07) is 9.71. The zero-order valence-corrected chi connectivity index (χ0v) is 23.1. The number of anilines is 3. The highest BCUT2D eigenvalue weighted by molar-refractivity contribution is 5.99. The predicted molar refractivity (Wildman–Crippen MR) is 152 cm³/mol. The average molecular weight is 599 g/mol. The highest BCUT2D eigenvalue weighted by atomic mass is 19.4. The summed E-state index contributed by atoms with van der Waals surface area (Å²) < 4.78 is 39.6. The van der Waals surface area contributed by atoms with Crippen molar-refractivity contribution < 1.29 is 32.6 Å². The number of nitrogens with one attached hydrogen (secondary N) is 3. The van der Waals surface area contributed by atoms with Crippen molar-refractivity contribution in [2.45, 2.75) is 50.7 Å². The standard InChI is InChI=1S/C27H28N6O3.C2HF3O2/c1-36-25-19(17-14-29-33(15-17)18-5-2-3-6-18)7-4-8-21(25)30-22-13-23(32-26(34)16-9-10-16)31-20-11-12-28-27(35)24(20)22;3-2(4,5)1(6)7/h4,7-8,11-16,18H,2-3,5-6,9-10H2,1H3,(H,28,35)(H2,30,31,32,34);(H,6,7). The molecule has 2 aliphatic carbocycles. The van der Waals surface area contributed by atoms with Gasteiger partial charge in [-0.05, 0) is 37.8 Å². The van der Waals surface area contributed by atoms with Crippen LogP contribution >= 0.6 is 0 Å². The molecule has 4 N–H and O–H groups in total. The van der Waals surface area contributed by atoms with Crippen LogP contribution < -0.4 is 20.9 Å². The van der Waals surface area contributed by atoms with Gasteiger partial charge in [-0.15, -0.1) is 0 Å². The number of aliphatic carboxylic acids is 1. The number of carbonyl (C=O) groups is 2. The summed E-state index contributed by atoms with van der Waals surface area (Å²) in [5, 5.41) is 18.4. The lowest BCUT2D eigenvalue weighted by Crippen LogP contribution is -2.21. The van der Waals surface area contributed by atoms with Gasteiger partial charge in [0.2, 0.25) is 5.91 Å². The van der Waals surface area contributed by atoms with Crippen molar-refractivity contribution in [2.24, 2.45) is 5.92 Å². The molecule has 0 bridgehead atoms. The van der Waals surface area contributed by atoms with Crippen molar-refractivity contribution >= 4 is 40.0 Å². The van der Waals surface area contributed by atoms with E-state index in [2.05, 4.69) is 36.6 Å². The van der Waals surface area contributed by atoms with Crippen LogP contribution in [-0.2, 0) is 9.59 Å². The second-order valence-corrected chi connectivity index (χ2v) is 10.3. The number of aromatic nitrogens is 4. The maximum absolute atomic E-state index is 12.7. The number of aromatic amines is 1. The van der Waals surface area contributed by atoms with Crippen LogP contribution in [0.25, 0.3) is 22.0 Å². The molecule has 3 aromatic heterocycles. The maximum Gasteiger partial charge on any atom is 0.490 e. The highest BCUT2D eigenvalue weighted by Crippen LogP contribution is 2.40. The predicted octanol–water partition coefficient (Wildman–Crippen LogP) is 5.64. The Hall–Kier alpha value is -4.88. The molecule has 0 spiro atoms. The molecule has 0 unspecified atom stereocenters. The van der Waals surface area contributed by atoms with Crippen LogP contribution in [0.5, 0.6) is 5.75 Å². The van der Waals surface area contributed by atoms with Gasteiger partial charge in [0, 0.05) is 35.5 Å². The lowest BCUT2D eigenvalue weighted by molar-refractivity contribution is -0.192. The Bertz CT molecular complexity index is 1710. The molecule has 43 heavy (non-hydrogen) atoms. The number of halogens is 3. The number of alkyl halides is 3. The van der Waals surface area contributed by atoms with Crippen molar-refractivity contribution in [3.8, 4) is 16.9 Å². The summed E-state index contributed by atoms with van der Waals surface area (Å²) in [7, 11) is 1.63. The van der Waals surface area contributed by atoms with E-state index in [4.69, 9.17) is 14.6 Å². The van der Waals surface area contributed by atoms with Crippen LogP contribution in [0.2, 0.25) is 0 Å². The molecular weight excluding hydrogens is 569 g/mol. The third-order valence-corrected chi connectivity index (χ3v) is 7.27. The van der Waals surface area contributed by atoms with Crippen LogP contribution in [0.4, 0.5) is 30.4 Å². The number of pyridine rings is 2. The molecule has 0 aliphatic heterocycles. The maximum atomic E-state index is 12.7. The fourth-order valence-electron chi connectivity index (χ4n) is 5.00. The van der Waals surface area contributed by atoms with E-state index in [0.717, 1.165) is 36.8 Å². The number of carbonyl (C=O) groups excluding carboxylic acids is 1. The molecular formula is C29H29F3N6O5. The second kappa shape index (κ2) is 12.2. The zero-order chi connectivity index (χ0) is 30.7. The van der Waals surface area contributed by atoms with Gasteiger partial charge in [-0.25, -0.2) is 9.78 Å². The number of hydrogen-bond donors (Lipinski definition) is 4. The Morgan fingerprint density at radius 3 is 2.49 bits per heavy atom. The van der Waals surface area contributed by atoms with E-state index in [9.17, 15) is 22.8 Å². The Morgan fingerprint density at radius 1 is 1.12 bits per heavy atom. The average Bonchev–Trinajstić information content (AvgIpc) is 3.45. The third kappa shape index (κ3) is 6.79. The van der Waals surface area contributed by atoms with Crippen LogP contribution in [-0.4, -0.2) is 50.0 Å². The second-order valence-electron chi connectivity index (χ2n) is 10.3. The van der Waals surface area contributed by atoms with Gasteiger partial charge >= 0.3 is 12.1 Å². The van der Waals surface area contributed by atoms with Crippen LogP contribution in [0.1, 0.15) is 44.6 Å². The van der Waals surface area contributed by atoms with E-state index in [1.807, 2.05) is 24.4 Å². The topological polar surface area (TPSA) is 151 Å². The molecule has 3 heterocycles. The number of H-pyrrole nitrogens is 1. The molecule has 11 nitrogen and oxygen atoms in total. The smallest absolute Gasteiger partial charge is 0.490 e. The number of fused-ring (bicyclic) bond motifs is 1. The van der Waals surface area contributed by atoms with Gasteiger partial charge in [0.25, 0.3) is 5.56 Å². The highest BCUT2D eigenvalue weighted by Gasteiger charge is 2.38. The number of nitrogens with zero attached hydrogens (tertiary/aromatic N) is 3. The van der Waals surface area contributed by atoms with Gasteiger partial charge in [-0.2, -0.15) is 18.3 Å². The minimum atomic E-state index is -5.08. The fraction of sp³-hybridized carbons (Fsp3) is 0.345. The van der Waals surface area contributed by atoms with Gasteiger partial charge in [-0.3, -0.25) is 14.3 Å². The van der Waals surface area contributed by atoms with Crippen molar-refractivity contribution in [1.29, 1.82) is 0 Å². The summed E-state index contributed by atoms with van der Waals surface area (Å²) in [4.78, 5) is 41.2. The first kappa shape index (κ1) is 29.6. The lowest BCUT2D eigenvalue weighted by Gasteiger charge is -2.16. The Balaban J connectivity index is 0.000000472. The van der Waals surface area contributed by atoms with E-state index in [-0.39, 0.29) is 17.4 Å². The zero-order valence-electron chi connectivity index (χ0n) is 23.1. The molecule has 1 aromatic carbocycles. The number of benzene rings is 1. The van der Waals surface area contributed by atoms with Crippen molar-refractivity contribution in [2.75, 3.05) is 17.7 Å². The number of carboxylic acids is 1. The van der Waals surface area contributed by atoms with E-state index in [0.29, 0.717) is 39.9 Å². The van der Waals surface area contributed by atoms with Crippen LogP contribution in [0.15, 0.2) is 53.7 Å². The quantitative estimate of drug-likeness (QED) is 0.214. The summed E-state index contributed by atoms with van der Waals surface area (Å²) in [5.41, 5.74) is 3.32. The fourth-order valence-corrected chi connectivity index (χ4v) is 5.00. The summed E-state index contributed by atoms with van der Waals surface area (Å²) in [5.74, 6) is -1.71. The number of para-hydroxylation sites is 1. The normalized spacial score (nSPS) is 15.1. The van der Waals surface area contributed by atoms with Crippen molar-refractivity contribution in [1.82, 2.24) is 19.7 Å². The monoisotopic (exact) mass is 598 g/mol. The molecule has 6 rings (SSSR count). The van der Waals surface area contributed by atoms with E-state index in [1.54, 1.807) is 25.4 Å². The van der Waals surface area contributed by atoms with Gasteiger partial charge in [0.15, 0.2) is 0 Å². The summed E-state index contributed by atoms with van der Waals surface area (Å²) in [6.07, 6.45) is 7.00. The van der Waals surface area contributed by atoms with Crippen molar-refractivity contribution in [3.63, 3.8) is 0 Å².